The summed E-state index contributed by atoms with van der Waals surface area (Å²) >= 11 is 0. The van der Waals surface area contributed by atoms with Gasteiger partial charge in [-0.1, -0.05) is 18.6 Å². The van der Waals surface area contributed by atoms with Gasteiger partial charge in [0, 0.05) is 5.92 Å². The Morgan fingerprint density at radius 2 is 1.96 bits per heavy atom. The molecule has 0 aromatic carbocycles. The number of aliphatic hydroxyl groups excluding tert-OH is 2. The first-order valence-electron chi connectivity index (χ1n) is 10.2. The highest BCUT2D eigenvalue weighted by Crippen LogP contribution is 2.68. The Kier molecular flexibility index (Phi) is 3.33. The van der Waals surface area contributed by atoms with E-state index in [1.54, 1.807) is 0 Å². The molecule has 1 spiro atoms. The first-order chi connectivity index (χ1) is 11.9. The zero-order chi connectivity index (χ0) is 17.6. The summed E-state index contributed by atoms with van der Waals surface area (Å²) < 4.78 is 5.61. The highest BCUT2D eigenvalue weighted by atomic mass is 16.6. The van der Waals surface area contributed by atoms with Gasteiger partial charge in [-0.2, -0.15) is 0 Å². The van der Waals surface area contributed by atoms with E-state index >= 15 is 0 Å². The van der Waals surface area contributed by atoms with Gasteiger partial charge in [-0.05, 0) is 75.0 Å². The molecule has 3 saturated carbocycles. The molecule has 138 valence electrons. The average molecular weight is 346 g/mol. The van der Waals surface area contributed by atoms with Gasteiger partial charge in [-0.25, -0.2) is 0 Å². The third kappa shape index (κ3) is 1.83. The number of hydrogen-bond acceptors (Lipinski definition) is 4. The number of aliphatic hydroxyl groups is 2. The SMILES string of the molecule is C[C@@H]1OC(=O)[C@]23C(=CC[C@H]12)[C@@H]1CC[C@H]2C[C@@H](O)CC[C@]2(C)[C@H]1C[C@H]3O. The van der Waals surface area contributed by atoms with Crippen LogP contribution in [0, 0.1) is 34.5 Å². The van der Waals surface area contributed by atoms with Crippen LogP contribution in [0.2, 0.25) is 0 Å². The third-order valence-corrected chi connectivity index (χ3v) is 8.92. The van der Waals surface area contributed by atoms with Crippen molar-refractivity contribution in [2.45, 2.75) is 77.1 Å². The van der Waals surface area contributed by atoms with Gasteiger partial charge in [0.15, 0.2) is 0 Å². The first-order valence-corrected chi connectivity index (χ1v) is 10.2. The summed E-state index contributed by atoms with van der Waals surface area (Å²) in [6.07, 6.45) is 8.02. The smallest absolute Gasteiger partial charge is 0.319 e. The second-order valence-electron chi connectivity index (χ2n) is 9.65. The Balaban J connectivity index is 1.55. The Morgan fingerprint density at radius 3 is 2.76 bits per heavy atom. The molecule has 2 N–H and O–H groups in total. The third-order valence-electron chi connectivity index (χ3n) is 8.92. The predicted octanol–water partition coefficient (Wildman–Crippen LogP) is 2.82. The Labute approximate surface area is 149 Å². The second kappa shape index (κ2) is 5.10. The number of fused-ring (bicyclic) bond motifs is 4. The molecule has 4 fully saturated rings. The summed E-state index contributed by atoms with van der Waals surface area (Å²) in [6, 6.07) is 0. The average Bonchev–Trinajstić information content (AvgIpc) is 3.08. The maximum absolute atomic E-state index is 12.9. The van der Waals surface area contributed by atoms with Gasteiger partial charge >= 0.3 is 5.97 Å². The van der Waals surface area contributed by atoms with Crippen LogP contribution in [-0.4, -0.2) is 34.5 Å². The maximum Gasteiger partial charge on any atom is 0.319 e. The molecular weight excluding hydrogens is 316 g/mol. The first kappa shape index (κ1) is 16.3. The lowest BCUT2D eigenvalue weighted by molar-refractivity contribution is -0.160. The largest absolute Gasteiger partial charge is 0.462 e. The van der Waals surface area contributed by atoms with Crippen LogP contribution < -0.4 is 0 Å². The molecule has 0 aromatic heterocycles. The number of carbonyl (C=O) groups excluding carboxylic acids is 1. The van der Waals surface area contributed by atoms with Crippen molar-refractivity contribution in [2.24, 2.45) is 34.5 Å². The van der Waals surface area contributed by atoms with Gasteiger partial charge in [0.1, 0.15) is 11.5 Å². The lowest BCUT2D eigenvalue weighted by Crippen LogP contribution is -2.58. The van der Waals surface area contributed by atoms with E-state index in [9.17, 15) is 15.0 Å². The molecule has 0 radical (unpaired) electrons. The van der Waals surface area contributed by atoms with Crippen LogP contribution in [0.25, 0.3) is 0 Å². The fraction of sp³-hybridized carbons (Fsp3) is 0.857. The molecule has 1 heterocycles. The normalized spacial score (nSPS) is 57.0. The molecule has 0 amide bonds. The van der Waals surface area contributed by atoms with Gasteiger partial charge in [-0.15, -0.1) is 0 Å². The van der Waals surface area contributed by atoms with Crippen LogP contribution in [-0.2, 0) is 9.53 Å². The summed E-state index contributed by atoms with van der Waals surface area (Å²) in [7, 11) is 0. The molecule has 4 aliphatic carbocycles. The van der Waals surface area contributed by atoms with E-state index in [-0.39, 0.29) is 29.5 Å². The van der Waals surface area contributed by atoms with Crippen LogP contribution in [0.5, 0.6) is 0 Å². The predicted molar refractivity (Wildman–Crippen MR) is 92.5 cm³/mol. The van der Waals surface area contributed by atoms with Crippen LogP contribution in [0.4, 0.5) is 0 Å². The van der Waals surface area contributed by atoms with Gasteiger partial charge in [0.2, 0.25) is 0 Å². The number of cyclic esters (lactones) is 1. The number of hydrogen-bond donors (Lipinski definition) is 2. The highest BCUT2D eigenvalue weighted by molar-refractivity contribution is 5.86. The molecule has 4 heteroatoms. The van der Waals surface area contributed by atoms with E-state index in [4.69, 9.17) is 4.74 Å². The molecular formula is C21H30O4. The van der Waals surface area contributed by atoms with Crippen molar-refractivity contribution in [1.29, 1.82) is 0 Å². The van der Waals surface area contributed by atoms with Crippen molar-refractivity contribution in [3.8, 4) is 0 Å². The summed E-state index contributed by atoms with van der Waals surface area (Å²) in [5.74, 6) is 1.32. The molecule has 0 bridgehead atoms. The van der Waals surface area contributed by atoms with E-state index in [2.05, 4.69) is 13.0 Å². The second-order valence-corrected chi connectivity index (χ2v) is 9.65. The lowest BCUT2D eigenvalue weighted by atomic mass is 9.45. The summed E-state index contributed by atoms with van der Waals surface area (Å²) in [4.78, 5) is 12.9. The van der Waals surface area contributed by atoms with Crippen molar-refractivity contribution >= 4 is 5.97 Å². The van der Waals surface area contributed by atoms with Crippen LogP contribution in [0.15, 0.2) is 11.6 Å². The zero-order valence-electron chi connectivity index (χ0n) is 15.3. The number of rotatable bonds is 0. The number of ether oxygens (including phenoxy) is 1. The maximum atomic E-state index is 12.9. The molecule has 4 nitrogen and oxygen atoms in total. The molecule has 25 heavy (non-hydrogen) atoms. The fourth-order valence-electron chi connectivity index (χ4n) is 7.64. The summed E-state index contributed by atoms with van der Waals surface area (Å²) in [5, 5.41) is 21.4. The Bertz CT molecular complexity index is 642. The van der Waals surface area contributed by atoms with Crippen LogP contribution in [0.3, 0.4) is 0 Å². The van der Waals surface area contributed by atoms with E-state index in [1.807, 2.05) is 6.92 Å². The van der Waals surface area contributed by atoms with E-state index in [0.29, 0.717) is 24.2 Å². The molecule has 9 atom stereocenters. The molecule has 1 aliphatic heterocycles. The van der Waals surface area contributed by atoms with E-state index in [1.165, 1.54) is 5.57 Å². The van der Waals surface area contributed by atoms with Gasteiger partial charge in [0.05, 0.1) is 12.2 Å². The Morgan fingerprint density at radius 1 is 1.16 bits per heavy atom. The molecule has 5 rings (SSSR count). The quantitative estimate of drug-likeness (QED) is 0.523. The molecule has 0 unspecified atom stereocenters. The molecule has 1 saturated heterocycles. The van der Waals surface area contributed by atoms with Crippen molar-refractivity contribution in [2.75, 3.05) is 0 Å². The van der Waals surface area contributed by atoms with Crippen molar-refractivity contribution in [1.82, 2.24) is 0 Å². The topological polar surface area (TPSA) is 66.8 Å². The van der Waals surface area contributed by atoms with Crippen molar-refractivity contribution < 1.29 is 19.7 Å². The molecule has 0 aromatic rings. The fourth-order valence-corrected chi connectivity index (χ4v) is 7.64. The monoisotopic (exact) mass is 346 g/mol. The van der Waals surface area contributed by atoms with E-state index < -0.39 is 11.5 Å². The van der Waals surface area contributed by atoms with Gasteiger partial charge < -0.3 is 14.9 Å². The minimum atomic E-state index is -0.752. The van der Waals surface area contributed by atoms with E-state index in [0.717, 1.165) is 38.5 Å². The molecule has 5 aliphatic rings. The minimum Gasteiger partial charge on any atom is -0.462 e. The summed E-state index contributed by atoms with van der Waals surface area (Å²) in [5.41, 5.74) is 0.636. The van der Waals surface area contributed by atoms with Crippen molar-refractivity contribution in [3.63, 3.8) is 0 Å². The number of allylic oxidation sites excluding steroid dienone is 1. The van der Waals surface area contributed by atoms with Crippen molar-refractivity contribution in [3.05, 3.63) is 11.6 Å². The van der Waals surface area contributed by atoms with Crippen LogP contribution >= 0.6 is 0 Å². The highest BCUT2D eigenvalue weighted by Gasteiger charge is 2.69. The number of esters is 1. The Hall–Kier alpha value is -0.870. The lowest BCUT2D eigenvalue weighted by Gasteiger charge is -2.59. The standard InChI is InChI=1S/C21H30O4/c1-11-15-5-6-16-14-4-3-12-9-13(22)7-8-20(12,2)17(14)10-18(23)21(15,16)19(24)25-11/h6,11-15,17-18,22-23H,3-5,7-10H2,1-2H3/t11-,12-,13-,14-,15+,17-,18+,20-,21-/m0/s1. The van der Waals surface area contributed by atoms with Gasteiger partial charge in [-0.3, -0.25) is 4.79 Å². The zero-order valence-corrected chi connectivity index (χ0v) is 15.3. The van der Waals surface area contributed by atoms with Gasteiger partial charge in [0.25, 0.3) is 0 Å². The number of carbonyl (C=O) groups is 1. The summed E-state index contributed by atoms with van der Waals surface area (Å²) in [6.45, 7) is 4.36. The van der Waals surface area contributed by atoms with Crippen LogP contribution in [0.1, 0.15) is 58.8 Å². The minimum absolute atomic E-state index is 0.0933.